The predicted molar refractivity (Wildman–Crippen MR) is 145 cm³/mol. The third kappa shape index (κ3) is 15.6. The first-order valence-corrected chi connectivity index (χ1v) is 21.7. The van der Waals surface area contributed by atoms with E-state index >= 15 is 3.32 Å². The second kappa shape index (κ2) is 17.2. The van der Waals surface area contributed by atoms with Crippen LogP contribution in [0.25, 0.3) is 0 Å². The van der Waals surface area contributed by atoms with Gasteiger partial charge in [0, 0.05) is 0 Å². The van der Waals surface area contributed by atoms with Crippen molar-refractivity contribution in [2.75, 3.05) is 0 Å². The van der Waals surface area contributed by atoms with Gasteiger partial charge in [-0.15, -0.1) is 0 Å². The minimum atomic E-state index is -6.32. The van der Waals surface area contributed by atoms with Crippen molar-refractivity contribution in [3.05, 3.63) is 0 Å². The topological polar surface area (TPSA) is 93.1 Å². The Labute approximate surface area is 216 Å². The van der Waals surface area contributed by atoms with Crippen molar-refractivity contribution in [1.29, 1.82) is 0 Å². The van der Waals surface area contributed by atoms with Gasteiger partial charge in [-0.2, -0.15) is 0 Å². The molecule has 8 heteroatoms. The molecular formula is C27H60O6PTi. The molecule has 0 aromatic carbocycles. The number of phosphoric acid groups is 1. The molecule has 0 unspecified atom stereocenters. The van der Waals surface area contributed by atoms with Gasteiger partial charge in [-0.3, -0.25) is 0 Å². The van der Waals surface area contributed by atoms with Crippen molar-refractivity contribution in [3.63, 3.8) is 0 Å². The molecule has 0 aliphatic heterocycles. The van der Waals surface area contributed by atoms with Crippen molar-refractivity contribution in [2.45, 2.75) is 170 Å². The van der Waals surface area contributed by atoms with Crippen LogP contribution in [-0.2, 0) is 29.1 Å². The van der Waals surface area contributed by atoms with Gasteiger partial charge < -0.3 is 0 Å². The summed E-state index contributed by atoms with van der Waals surface area (Å²) in [6, 6.07) is 0. The van der Waals surface area contributed by atoms with Gasteiger partial charge in [0.25, 0.3) is 0 Å². The molecule has 0 aromatic rings. The molecule has 0 saturated heterocycles. The Balaban J connectivity index is 5.96. The molecule has 6 nitrogen and oxygen atoms in total. The minimum absolute atomic E-state index is 0.152. The molecule has 0 aliphatic rings. The van der Waals surface area contributed by atoms with E-state index in [2.05, 4.69) is 20.8 Å². The van der Waals surface area contributed by atoms with Gasteiger partial charge in [0.1, 0.15) is 0 Å². The Hall–Kier alpha value is 0.584. The Morgan fingerprint density at radius 1 is 0.600 bits per heavy atom. The summed E-state index contributed by atoms with van der Waals surface area (Å²) in [5.74, 6) is 0. The Morgan fingerprint density at radius 3 is 1.14 bits per heavy atom. The second-order valence-electron chi connectivity index (χ2n) is 11.6. The summed E-state index contributed by atoms with van der Waals surface area (Å²) in [6.45, 7) is 10.1. The molecular weight excluding hydrogens is 499 g/mol. The first-order valence-electron chi connectivity index (χ1n) is 14.9. The van der Waals surface area contributed by atoms with E-state index < -0.39 is 28.7 Å². The summed E-state index contributed by atoms with van der Waals surface area (Å²) in [4.78, 5) is 20.1. The average molecular weight is 560 g/mol. The van der Waals surface area contributed by atoms with Crippen molar-refractivity contribution in [1.82, 2.24) is 0 Å². The van der Waals surface area contributed by atoms with Gasteiger partial charge in [-0.05, 0) is 0 Å². The molecule has 0 amide bonds. The van der Waals surface area contributed by atoms with E-state index in [-0.39, 0.29) is 14.2 Å². The van der Waals surface area contributed by atoms with Crippen LogP contribution in [0, 0.1) is 0 Å². The maximum absolute atomic E-state index is 15.6. The summed E-state index contributed by atoms with van der Waals surface area (Å²) in [6.07, 6.45) is 17.5. The Kier molecular flexibility index (Phi) is 17.5. The van der Waals surface area contributed by atoms with Crippen molar-refractivity contribution < 1.29 is 38.9 Å². The van der Waals surface area contributed by atoms with E-state index in [9.17, 15) is 14.4 Å². The number of hydrogen-bond donors (Lipinski definition) is 2. The maximum atomic E-state index is 15.6. The molecule has 0 bridgehead atoms. The third-order valence-corrected chi connectivity index (χ3v) is 21.6. The van der Waals surface area contributed by atoms with E-state index in [0.717, 1.165) is 77.0 Å². The van der Waals surface area contributed by atoms with E-state index in [1.165, 1.54) is 19.3 Å². The third-order valence-electron chi connectivity index (χ3n) is 7.54. The van der Waals surface area contributed by atoms with Gasteiger partial charge in [0.05, 0.1) is 0 Å². The van der Waals surface area contributed by atoms with E-state index in [1.807, 2.05) is 13.8 Å². The van der Waals surface area contributed by atoms with Gasteiger partial charge in [0.15, 0.2) is 0 Å². The van der Waals surface area contributed by atoms with Crippen molar-refractivity contribution in [2.24, 2.45) is 0 Å². The average Bonchev–Trinajstić information content (AvgIpc) is 2.74. The SMILES string of the molecule is CCCCCCC[CH2][Ti](=[O])([CH2]CCCCCCC)([CH2]CCCCCCC)([O]C(C)C)[O]P(=O)(O)O. The number of rotatable bonds is 25. The number of unbranched alkanes of at least 4 members (excludes halogenated alkanes) is 15. The molecule has 0 spiro atoms. The van der Waals surface area contributed by atoms with Crippen LogP contribution in [0.2, 0.25) is 14.2 Å². The van der Waals surface area contributed by atoms with Gasteiger partial charge in [-0.25, -0.2) is 0 Å². The van der Waals surface area contributed by atoms with Crippen molar-refractivity contribution >= 4 is 7.82 Å². The normalized spacial score (nSPS) is 14.9. The number of hydrogen-bond acceptors (Lipinski definition) is 4. The monoisotopic (exact) mass is 559 g/mol. The molecule has 0 saturated carbocycles. The fraction of sp³-hybridized carbons (Fsp3) is 1.00. The van der Waals surface area contributed by atoms with E-state index in [4.69, 9.17) is 6.42 Å². The van der Waals surface area contributed by atoms with Crippen LogP contribution in [0.4, 0.5) is 0 Å². The first-order chi connectivity index (χ1) is 16.4. The fourth-order valence-corrected chi connectivity index (χ4v) is 21.1. The van der Waals surface area contributed by atoms with Crippen LogP contribution < -0.4 is 0 Å². The van der Waals surface area contributed by atoms with Crippen LogP contribution >= 0.6 is 7.82 Å². The summed E-state index contributed by atoms with van der Waals surface area (Å²) >= 11 is -6.32. The van der Waals surface area contributed by atoms with Gasteiger partial charge >= 0.3 is 217 Å². The van der Waals surface area contributed by atoms with Crippen LogP contribution in [0.3, 0.4) is 0 Å². The summed E-state index contributed by atoms with van der Waals surface area (Å²) in [5, 5.41) is 0. The molecule has 0 fully saturated rings. The van der Waals surface area contributed by atoms with Crippen LogP contribution in [0.1, 0.15) is 150 Å². The molecule has 0 atom stereocenters. The second-order valence-corrected chi connectivity index (χ2v) is 23.5. The molecule has 0 rings (SSSR count). The standard InChI is InChI=1S/3C8H17.C3H7O.H3O4P.O.Ti/c3*1-3-5-7-8-6-4-2;1-3(2)4;1-5(2,3)4;;/h3*1,3-8H2,2H3;3H,1-2H3;(H3,1,2,3,4);;/q;;;-1;;;+2/p-1. The van der Waals surface area contributed by atoms with E-state index in [0.29, 0.717) is 19.3 Å². The molecule has 35 heavy (non-hydrogen) atoms. The molecule has 0 aliphatic carbocycles. The van der Waals surface area contributed by atoms with Gasteiger partial charge in [-0.1, -0.05) is 0 Å². The van der Waals surface area contributed by atoms with Crippen molar-refractivity contribution in [3.8, 4) is 0 Å². The summed E-state index contributed by atoms with van der Waals surface area (Å²) in [7, 11) is -5.03. The zero-order valence-corrected chi connectivity index (χ0v) is 26.4. The predicted octanol–water partition coefficient (Wildman–Crippen LogP) is 10.3. The van der Waals surface area contributed by atoms with E-state index in [1.54, 1.807) is 0 Å². The van der Waals surface area contributed by atoms with Gasteiger partial charge in [0.2, 0.25) is 0 Å². The van der Waals surface area contributed by atoms with Crippen LogP contribution in [0.5, 0.6) is 0 Å². The van der Waals surface area contributed by atoms with Crippen LogP contribution in [0.15, 0.2) is 0 Å². The Morgan fingerprint density at radius 2 is 0.886 bits per heavy atom. The summed E-state index contributed by atoms with van der Waals surface area (Å²) < 4.78 is 40.5. The molecule has 0 radical (unpaired) electrons. The molecule has 0 aromatic heterocycles. The summed E-state index contributed by atoms with van der Waals surface area (Å²) in [5.41, 5.74) is 0. The quantitative estimate of drug-likeness (QED) is 0.0657. The fourth-order valence-electron chi connectivity index (χ4n) is 5.87. The zero-order valence-electron chi connectivity index (χ0n) is 23.9. The molecule has 213 valence electrons. The van der Waals surface area contributed by atoms with Crippen LogP contribution in [-0.4, -0.2) is 15.9 Å². The molecule has 0 heterocycles. The zero-order chi connectivity index (χ0) is 26.7. The first kappa shape index (κ1) is 35.6. The molecule has 2 N–H and O–H groups in total. The Bertz CT molecular complexity index is 620.